The maximum absolute atomic E-state index is 3.71. The second kappa shape index (κ2) is 34.1. The van der Waals surface area contributed by atoms with Gasteiger partial charge in [-0.2, -0.15) is 0 Å². The third-order valence-electron chi connectivity index (χ3n) is 10.9. The normalized spacial score (nSPS) is 13.0. The third kappa shape index (κ3) is 25.3. The molecule has 0 aliphatic carbocycles. The second-order valence-electron chi connectivity index (χ2n) is 15.4. The molecule has 0 radical (unpaired) electrons. The van der Waals surface area contributed by atoms with Crippen LogP contribution in [0, 0.1) is 0 Å². The van der Waals surface area contributed by atoms with Crippen LogP contribution in [0.2, 0.25) is 0 Å². The van der Waals surface area contributed by atoms with Crippen molar-refractivity contribution < 1.29 is 4.57 Å². The smallest absolute Gasteiger partial charge is 0.247 e. The van der Waals surface area contributed by atoms with Crippen molar-refractivity contribution >= 4 is 0 Å². The maximum atomic E-state index is 3.71. The van der Waals surface area contributed by atoms with Crippen molar-refractivity contribution in [2.75, 3.05) is 0 Å². The summed E-state index contributed by atoms with van der Waals surface area (Å²) in [5, 5.41) is 0. The lowest BCUT2D eigenvalue weighted by Gasteiger charge is -2.17. The van der Waals surface area contributed by atoms with Gasteiger partial charge in [0.2, 0.25) is 0 Å². The number of hydrogen-bond donors (Lipinski definition) is 1. The van der Waals surface area contributed by atoms with Crippen LogP contribution < -0.4 is 4.57 Å². The number of nitrogens with one attached hydrogen (secondary N) is 1. The minimum absolute atomic E-state index is 0.612. The summed E-state index contributed by atoms with van der Waals surface area (Å²) in [6, 6.07) is 0.612. The van der Waals surface area contributed by atoms with Gasteiger partial charge in [-0.25, -0.2) is 9.55 Å². The first-order valence-corrected chi connectivity index (χ1v) is 21.8. The van der Waals surface area contributed by atoms with Gasteiger partial charge in [0, 0.05) is 0 Å². The highest BCUT2D eigenvalue weighted by Crippen LogP contribution is 2.27. The van der Waals surface area contributed by atoms with Crippen LogP contribution in [0.3, 0.4) is 0 Å². The molecule has 0 aliphatic rings. The van der Waals surface area contributed by atoms with Gasteiger partial charge in [-0.3, -0.25) is 0 Å². The summed E-state index contributed by atoms with van der Waals surface area (Å²) < 4.78 is 2.59. The van der Waals surface area contributed by atoms with E-state index in [9.17, 15) is 0 Å². The summed E-state index contributed by atoms with van der Waals surface area (Å²) in [6.45, 7) is 9.37. The summed E-state index contributed by atoms with van der Waals surface area (Å²) in [6.07, 6.45) is 54.8. The van der Waals surface area contributed by atoms with E-state index in [4.69, 9.17) is 0 Å². The van der Waals surface area contributed by atoms with Crippen LogP contribution in [-0.2, 0) is 0 Å². The fourth-order valence-electron chi connectivity index (χ4n) is 7.75. The van der Waals surface area contributed by atoms with Gasteiger partial charge in [-0.15, -0.1) is 0 Å². The molecule has 272 valence electrons. The lowest BCUT2D eigenvalue weighted by atomic mass is 9.92. The fraction of sp³-hybridized carbons (Fsp3) is 0.932. The summed E-state index contributed by atoms with van der Waals surface area (Å²) in [7, 11) is 0. The van der Waals surface area contributed by atoms with Crippen molar-refractivity contribution in [2.24, 2.45) is 0 Å². The first-order chi connectivity index (χ1) is 22.7. The monoisotopic (exact) mass is 644 g/mol. The van der Waals surface area contributed by atoms with Gasteiger partial charge in [0.25, 0.3) is 5.82 Å². The quantitative estimate of drug-likeness (QED) is 0.0550. The Balaban J connectivity index is 2.17. The van der Waals surface area contributed by atoms with Gasteiger partial charge < -0.3 is 0 Å². The molecule has 0 spiro atoms. The van der Waals surface area contributed by atoms with E-state index in [0.29, 0.717) is 12.0 Å². The molecule has 0 saturated heterocycles. The first-order valence-electron chi connectivity index (χ1n) is 21.8. The Morgan fingerprint density at radius 1 is 0.413 bits per heavy atom. The maximum Gasteiger partial charge on any atom is 0.257 e. The Hall–Kier alpha value is -0.790. The average molecular weight is 644 g/mol. The lowest BCUT2D eigenvalue weighted by Crippen LogP contribution is -2.41. The number of H-pyrrole nitrogens is 1. The van der Waals surface area contributed by atoms with Crippen LogP contribution in [0.4, 0.5) is 0 Å². The van der Waals surface area contributed by atoms with Crippen LogP contribution in [0.1, 0.15) is 270 Å². The van der Waals surface area contributed by atoms with Gasteiger partial charge in [0.1, 0.15) is 12.4 Å². The van der Waals surface area contributed by atoms with E-state index in [1.54, 1.807) is 0 Å². The molecule has 2 nitrogen and oxygen atoms in total. The Morgan fingerprint density at radius 3 is 1.02 bits per heavy atom. The SMILES string of the molecule is CCCCCCCCCCCCCCCCCCCC(CCCCCCCCCCCCCCCC)c1[nH]cc[n+]1C(C)CCC. The molecule has 0 fully saturated rings. The van der Waals surface area contributed by atoms with Gasteiger partial charge in [0.05, 0.1) is 12.0 Å². The van der Waals surface area contributed by atoms with E-state index in [2.05, 4.69) is 49.6 Å². The zero-order valence-corrected chi connectivity index (χ0v) is 32.5. The number of imidazole rings is 1. The zero-order chi connectivity index (χ0) is 33.2. The Labute approximate surface area is 291 Å². The van der Waals surface area contributed by atoms with Gasteiger partial charge in [-0.05, 0) is 26.2 Å². The fourth-order valence-corrected chi connectivity index (χ4v) is 7.75. The van der Waals surface area contributed by atoms with E-state index in [0.717, 1.165) is 0 Å². The van der Waals surface area contributed by atoms with E-state index in [1.807, 2.05) is 0 Å². The molecule has 0 bridgehead atoms. The number of aromatic nitrogens is 2. The largest absolute Gasteiger partial charge is 0.257 e. The Morgan fingerprint density at radius 2 is 0.717 bits per heavy atom. The average Bonchev–Trinajstić information content (AvgIpc) is 3.55. The van der Waals surface area contributed by atoms with Crippen LogP contribution in [0.15, 0.2) is 12.4 Å². The summed E-state index contributed by atoms with van der Waals surface area (Å²) >= 11 is 0. The van der Waals surface area contributed by atoms with E-state index in [-0.39, 0.29) is 0 Å². The second-order valence-corrected chi connectivity index (χ2v) is 15.4. The lowest BCUT2D eigenvalue weighted by molar-refractivity contribution is -0.727. The summed E-state index contributed by atoms with van der Waals surface area (Å²) in [5.74, 6) is 2.23. The molecule has 1 aromatic heterocycles. The summed E-state index contributed by atoms with van der Waals surface area (Å²) in [5.41, 5.74) is 0. The van der Waals surface area contributed by atoms with Gasteiger partial charge >= 0.3 is 0 Å². The molecule has 1 heterocycles. The van der Waals surface area contributed by atoms with Crippen molar-refractivity contribution in [1.82, 2.24) is 4.98 Å². The molecule has 46 heavy (non-hydrogen) atoms. The van der Waals surface area contributed by atoms with Crippen molar-refractivity contribution in [3.63, 3.8) is 0 Å². The van der Waals surface area contributed by atoms with Gasteiger partial charge in [-0.1, -0.05) is 226 Å². The van der Waals surface area contributed by atoms with Crippen LogP contribution in [-0.4, -0.2) is 4.98 Å². The molecule has 2 heteroatoms. The molecule has 0 amide bonds. The topological polar surface area (TPSA) is 19.7 Å². The van der Waals surface area contributed by atoms with Crippen LogP contribution in [0.25, 0.3) is 0 Å². The highest BCUT2D eigenvalue weighted by Gasteiger charge is 2.25. The number of aromatic amines is 1. The minimum Gasteiger partial charge on any atom is -0.247 e. The Bertz CT molecular complexity index is 709. The van der Waals surface area contributed by atoms with Crippen molar-refractivity contribution in [2.45, 2.75) is 264 Å². The van der Waals surface area contributed by atoms with Gasteiger partial charge in [0.15, 0.2) is 0 Å². The van der Waals surface area contributed by atoms with Crippen molar-refractivity contribution in [3.05, 3.63) is 18.2 Å². The highest BCUT2D eigenvalue weighted by molar-refractivity contribution is 4.90. The van der Waals surface area contributed by atoms with E-state index >= 15 is 0 Å². The summed E-state index contributed by atoms with van der Waals surface area (Å²) in [4.78, 5) is 3.71. The minimum atomic E-state index is 0.612. The number of unbranched alkanes of at least 4 members (excludes halogenated alkanes) is 29. The third-order valence-corrected chi connectivity index (χ3v) is 10.9. The molecule has 2 unspecified atom stereocenters. The molecule has 1 aromatic rings. The predicted octanol–water partition coefficient (Wildman–Crippen LogP) is 15.7. The molecule has 1 rings (SSSR count). The number of rotatable bonds is 37. The Kier molecular flexibility index (Phi) is 32.0. The molecular formula is C44H87N2+. The molecule has 0 saturated carbocycles. The number of hydrogen-bond acceptors (Lipinski definition) is 0. The zero-order valence-electron chi connectivity index (χ0n) is 32.5. The van der Waals surface area contributed by atoms with Crippen molar-refractivity contribution in [3.8, 4) is 0 Å². The molecule has 0 aromatic carbocycles. The molecule has 1 N–H and O–H groups in total. The molecule has 2 atom stereocenters. The van der Waals surface area contributed by atoms with E-state index < -0.39 is 0 Å². The highest BCUT2D eigenvalue weighted by atomic mass is 15.1. The standard InChI is InChI=1S/C44H86N2/c1-5-8-10-12-14-16-18-20-22-23-24-26-28-30-32-34-36-39-43(44-45-40-41-46(44)42(4)37-7-3)38-35-33-31-29-27-25-21-19-17-15-13-11-9-6-2/h40-43H,5-39H2,1-4H3/p+1. The molecular weight excluding hydrogens is 556 g/mol. The van der Waals surface area contributed by atoms with Crippen molar-refractivity contribution in [1.29, 1.82) is 0 Å². The van der Waals surface area contributed by atoms with E-state index in [1.165, 1.54) is 231 Å². The van der Waals surface area contributed by atoms with Crippen LogP contribution >= 0.6 is 0 Å². The molecule has 0 aliphatic heterocycles. The predicted molar refractivity (Wildman–Crippen MR) is 207 cm³/mol. The first kappa shape index (κ1) is 43.2. The van der Waals surface area contributed by atoms with Crippen LogP contribution in [0.5, 0.6) is 0 Å². The number of nitrogens with zero attached hydrogens (tertiary/aromatic N) is 1.